The van der Waals surface area contributed by atoms with Crippen LogP contribution in [-0.4, -0.2) is 30.0 Å². The number of carbonyl (C=O) groups is 1. The van der Waals surface area contributed by atoms with Crippen molar-refractivity contribution < 1.29 is 18.3 Å². The van der Waals surface area contributed by atoms with Gasteiger partial charge in [-0.3, -0.25) is 9.59 Å². The van der Waals surface area contributed by atoms with Gasteiger partial charge in [0.25, 0.3) is 5.91 Å². The molecular weight excluding hydrogens is 370 g/mol. The molecule has 0 aliphatic carbocycles. The Balaban J connectivity index is 2.38. The normalized spacial score (nSPS) is 11.6. The summed E-state index contributed by atoms with van der Waals surface area (Å²) >= 11 is 0. The van der Waals surface area contributed by atoms with E-state index in [0.717, 1.165) is 6.07 Å². The van der Waals surface area contributed by atoms with Crippen molar-refractivity contribution in [2.45, 2.75) is 38.3 Å². The zero-order valence-electron chi connectivity index (χ0n) is 15.6. The average molecular weight is 393 g/mol. The highest BCUT2D eigenvalue weighted by Crippen LogP contribution is 2.16. The monoisotopic (exact) mass is 393 g/mol. The Morgan fingerprint density at radius 2 is 1.89 bits per heavy atom. The van der Waals surface area contributed by atoms with Crippen LogP contribution in [-0.2, 0) is 23.6 Å². The molecule has 2 rings (SSSR count). The van der Waals surface area contributed by atoms with E-state index in [2.05, 4.69) is 10.0 Å². The Labute approximate surface area is 157 Å². The summed E-state index contributed by atoms with van der Waals surface area (Å²) in [6.45, 7) is 4.95. The van der Waals surface area contributed by atoms with Crippen LogP contribution in [0.15, 0.2) is 40.0 Å². The number of sulfonamides is 1. The SMILES string of the molecule is Cc1ccccc1S(=O)(=O)NCc1cc(=O)c(O)c(C(=O)NC(C)C)n1C. The molecule has 0 spiro atoms. The highest BCUT2D eigenvalue weighted by Gasteiger charge is 2.22. The van der Waals surface area contributed by atoms with Crippen LogP contribution in [0.5, 0.6) is 5.75 Å². The van der Waals surface area contributed by atoms with Crippen LogP contribution in [0.1, 0.15) is 35.6 Å². The van der Waals surface area contributed by atoms with Crippen molar-refractivity contribution in [2.24, 2.45) is 7.05 Å². The molecule has 27 heavy (non-hydrogen) atoms. The van der Waals surface area contributed by atoms with E-state index >= 15 is 0 Å². The second-order valence-electron chi connectivity index (χ2n) is 6.47. The maximum absolute atomic E-state index is 12.5. The van der Waals surface area contributed by atoms with Gasteiger partial charge >= 0.3 is 0 Å². The van der Waals surface area contributed by atoms with Crippen molar-refractivity contribution in [3.05, 3.63) is 57.5 Å². The van der Waals surface area contributed by atoms with Gasteiger partial charge in [0.15, 0.2) is 11.4 Å². The van der Waals surface area contributed by atoms with Crippen LogP contribution in [0, 0.1) is 6.92 Å². The van der Waals surface area contributed by atoms with Gasteiger partial charge in [-0.1, -0.05) is 18.2 Å². The van der Waals surface area contributed by atoms with Gasteiger partial charge in [0.1, 0.15) is 0 Å². The van der Waals surface area contributed by atoms with Crippen LogP contribution in [0.2, 0.25) is 0 Å². The maximum Gasteiger partial charge on any atom is 0.272 e. The molecule has 0 radical (unpaired) electrons. The minimum Gasteiger partial charge on any atom is -0.503 e. The molecule has 1 heterocycles. The van der Waals surface area contributed by atoms with E-state index in [1.807, 2.05) is 0 Å². The third-order valence-corrected chi connectivity index (χ3v) is 5.54. The molecule has 0 fully saturated rings. The number of aromatic nitrogens is 1. The Morgan fingerprint density at radius 3 is 2.48 bits per heavy atom. The van der Waals surface area contributed by atoms with Gasteiger partial charge in [0.2, 0.25) is 15.5 Å². The molecule has 0 aliphatic rings. The predicted molar refractivity (Wildman–Crippen MR) is 101 cm³/mol. The number of rotatable bonds is 6. The third-order valence-electron chi connectivity index (χ3n) is 3.98. The molecule has 0 atom stereocenters. The second-order valence-corrected chi connectivity index (χ2v) is 8.21. The van der Waals surface area contributed by atoms with Gasteiger partial charge in [0, 0.05) is 24.8 Å². The molecule has 8 nitrogen and oxygen atoms in total. The van der Waals surface area contributed by atoms with Gasteiger partial charge in [-0.2, -0.15) is 0 Å². The van der Waals surface area contributed by atoms with Gasteiger partial charge in [-0.25, -0.2) is 13.1 Å². The summed E-state index contributed by atoms with van der Waals surface area (Å²) in [5.41, 5.74) is -0.154. The summed E-state index contributed by atoms with van der Waals surface area (Å²) in [5, 5.41) is 12.6. The first-order valence-electron chi connectivity index (χ1n) is 8.32. The summed E-state index contributed by atoms with van der Waals surface area (Å²) in [6.07, 6.45) is 0. The molecule has 3 N–H and O–H groups in total. The summed E-state index contributed by atoms with van der Waals surface area (Å²) in [4.78, 5) is 24.5. The number of pyridine rings is 1. The Hall–Kier alpha value is -2.65. The zero-order valence-corrected chi connectivity index (χ0v) is 16.4. The summed E-state index contributed by atoms with van der Waals surface area (Å²) in [5.74, 6) is -1.30. The number of carbonyl (C=O) groups excluding carboxylic acids is 1. The predicted octanol–water partition coefficient (Wildman–Crippen LogP) is 1.02. The van der Waals surface area contributed by atoms with Crippen molar-refractivity contribution in [3.8, 4) is 5.75 Å². The standard InChI is InChI=1S/C18H23N3O5S/c1-11(2)20-18(24)16-17(23)14(22)9-13(21(16)4)10-19-27(25,26)15-8-6-5-7-12(15)3/h5-9,11,19,23H,10H2,1-4H3,(H,20,24). The highest BCUT2D eigenvalue weighted by molar-refractivity contribution is 7.89. The molecule has 9 heteroatoms. The lowest BCUT2D eigenvalue weighted by atomic mass is 10.2. The first kappa shape index (κ1) is 20.7. The largest absolute Gasteiger partial charge is 0.503 e. The van der Waals surface area contributed by atoms with E-state index < -0.39 is 27.1 Å². The lowest BCUT2D eigenvalue weighted by molar-refractivity contribution is 0.0930. The van der Waals surface area contributed by atoms with E-state index in [1.165, 1.54) is 17.7 Å². The third kappa shape index (κ3) is 4.55. The van der Waals surface area contributed by atoms with Crippen molar-refractivity contribution in [1.82, 2.24) is 14.6 Å². The van der Waals surface area contributed by atoms with Gasteiger partial charge in [-0.15, -0.1) is 0 Å². The highest BCUT2D eigenvalue weighted by atomic mass is 32.2. The molecule has 0 saturated heterocycles. The molecule has 0 bridgehead atoms. The van der Waals surface area contributed by atoms with Crippen LogP contribution in [0.4, 0.5) is 0 Å². The van der Waals surface area contributed by atoms with Crippen molar-refractivity contribution in [1.29, 1.82) is 0 Å². The first-order valence-corrected chi connectivity index (χ1v) is 9.81. The maximum atomic E-state index is 12.5. The molecule has 1 aromatic heterocycles. The van der Waals surface area contributed by atoms with Crippen molar-refractivity contribution >= 4 is 15.9 Å². The topological polar surface area (TPSA) is 118 Å². The Kier molecular flexibility index (Phi) is 6.07. The van der Waals surface area contributed by atoms with Crippen LogP contribution < -0.4 is 15.5 Å². The minimum atomic E-state index is -3.81. The second kappa shape index (κ2) is 7.93. The Bertz CT molecular complexity index is 1030. The van der Waals surface area contributed by atoms with E-state index in [0.29, 0.717) is 5.56 Å². The quantitative estimate of drug-likeness (QED) is 0.677. The van der Waals surface area contributed by atoms with Crippen LogP contribution in [0.25, 0.3) is 0 Å². The Morgan fingerprint density at radius 1 is 1.26 bits per heavy atom. The van der Waals surface area contributed by atoms with E-state index in [9.17, 15) is 23.1 Å². The number of hydrogen-bond acceptors (Lipinski definition) is 5. The van der Waals surface area contributed by atoms with Gasteiger partial charge < -0.3 is 15.0 Å². The lowest BCUT2D eigenvalue weighted by Gasteiger charge is -2.17. The van der Waals surface area contributed by atoms with Gasteiger partial charge in [0.05, 0.1) is 11.4 Å². The van der Waals surface area contributed by atoms with Crippen molar-refractivity contribution in [3.63, 3.8) is 0 Å². The summed E-state index contributed by atoms with van der Waals surface area (Å²) < 4.78 is 28.8. The van der Waals surface area contributed by atoms with Crippen LogP contribution in [0.3, 0.4) is 0 Å². The number of aryl methyl sites for hydroxylation is 1. The molecule has 1 amide bonds. The lowest BCUT2D eigenvalue weighted by Crippen LogP contribution is -2.34. The average Bonchev–Trinajstić information content (AvgIpc) is 2.56. The molecular formula is C18H23N3O5S. The fraction of sp³-hybridized carbons (Fsp3) is 0.333. The summed E-state index contributed by atoms with van der Waals surface area (Å²) in [7, 11) is -2.33. The van der Waals surface area contributed by atoms with Gasteiger partial charge in [-0.05, 0) is 32.4 Å². The molecule has 146 valence electrons. The minimum absolute atomic E-state index is 0.131. The van der Waals surface area contributed by atoms with Crippen molar-refractivity contribution in [2.75, 3.05) is 0 Å². The first-order chi connectivity index (χ1) is 12.5. The summed E-state index contributed by atoms with van der Waals surface area (Å²) in [6, 6.07) is 7.41. The number of nitrogens with zero attached hydrogens (tertiary/aromatic N) is 1. The van der Waals surface area contributed by atoms with E-state index in [-0.39, 0.29) is 28.9 Å². The fourth-order valence-electron chi connectivity index (χ4n) is 2.60. The van der Waals surface area contributed by atoms with E-state index in [4.69, 9.17) is 0 Å². The molecule has 0 unspecified atom stereocenters. The zero-order chi connectivity index (χ0) is 20.4. The number of benzene rings is 1. The number of hydrogen-bond donors (Lipinski definition) is 3. The van der Waals surface area contributed by atoms with Crippen LogP contribution >= 0.6 is 0 Å². The molecule has 0 saturated carbocycles. The smallest absolute Gasteiger partial charge is 0.272 e. The fourth-order valence-corrected chi connectivity index (χ4v) is 3.84. The molecule has 0 aliphatic heterocycles. The molecule has 2 aromatic rings. The number of aromatic hydroxyl groups is 1. The molecule has 1 aromatic carbocycles. The number of nitrogens with one attached hydrogen (secondary N) is 2. The van der Waals surface area contributed by atoms with E-state index in [1.54, 1.807) is 39.0 Å². The number of amides is 1.